The van der Waals surface area contributed by atoms with Gasteiger partial charge in [0.15, 0.2) is 0 Å². The van der Waals surface area contributed by atoms with Crippen molar-refractivity contribution in [2.75, 3.05) is 24.7 Å². The van der Waals surface area contributed by atoms with E-state index in [1.165, 1.54) is 12.2 Å². The zero-order valence-corrected chi connectivity index (χ0v) is 21.4. The maximum Gasteiger partial charge on any atom is 0.330 e. The smallest absolute Gasteiger partial charge is 0.330 e. The third-order valence-corrected chi connectivity index (χ3v) is 6.27. The molecular formula is C33H30N2O4. The SMILES string of the molecule is Nc1ccc(C(COC(=O)/C=C/c2ccccc2)(COC(=O)/C=C/c2ccccc2)c2ccc(N)cc2)cc1. The molecule has 4 aromatic carbocycles. The van der Waals surface area contributed by atoms with Gasteiger partial charge in [0, 0.05) is 23.5 Å². The summed E-state index contributed by atoms with van der Waals surface area (Å²) >= 11 is 0. The fraction of sp³-hybridized carbons (Fsp3) is 0.0909. The fourth-order valence-corrected chi connectivity index (χ4v) is 4.09. The van der Waals surface area contributed by atoms with Crippen molar-refractivity contribution in [1.29, 1.82) is 0 Å². The Bertz CT molecular complexity index is 1320. The molecule has 0 saturated carbocycles. The molecule has 0 amide bonds. The Hall–Kier alpha value is -5.10. The number of nitrogen functional groups attached to an aromatic ring is 2. The van der Waals surface area contributed by atoms with Crippen molar-refractivity contribution in [3.8, 4) is 0 Å². The first-order valence-electron chi connectivity index (χ1n) is 12.5. The summed E-state index contributed by atoms with van der Waals surface area (Å²) in [4.78, 5) is 25.5. The molecule has 0 aliphatic heterocycles. The average molecular weight is 519 g/mol. The molecule has 4 rings (SSSR count). The summed E-state index contributed by atoms with van der Waals surface area (Å²) in [5.41, 5.74) is 15.3. The van der Waals surface area contributed by atoms with Gasteiger partial charge in [0.2, 0.25) is 0 Å². The maximum absolute atomic E-state index is 12.8. The van der Waals surface area contributed by atoms with Gasteiger partial charge in [-0.3, -0.25) is 0 Å². The molecule has 0 spiro atoms. The normalized spacial score (nSPS) is 11.5. The van der Waals surface area contributed by atoms with Crippen molar-refractivity contribution in [3.63, 3.8) is 0 Å². The molecule has 0 atom stereocenters. The van der Waals surface area contributed by atoms with Crippen LogP contribution in [0.15, 0.2) is 121 Å². The number of rotatable bonds is 10. The van der Waals surface area contributed by atoms with Crippen molar-refractivity contribution in [1.82, 2.24) is 0 Å². The van der Waals surface area contributed by atoms with E-state index < -0.39 is 17.4 Å². The first-order valence-corrected chi connectivity index (χ1v) is 12.5. The van der Waals surface area contributed by atoms with Gasteiger partial charge in [0.05, 0.1) is 5.41 Å². The summed E-state index contributed by atoms with van der Waals surface area (Å²) in [7, 11) is 0. The van der Waals surface area contributed by atoms with Crippen LogP contribution in [0.4, 0.5) is 11.4 Å². The van der Waals surface area contributed by atoms with Crippen LogP contribution in [0.5, 0.6) is 0 Å². The molecule has 0 radical (unpaired) electrons. The van der Waals surface area contributed by atoms with Crippen LogP contribution in [0, 0.1) is 0 Å². The van der Waals surface area contributed by atoms with E-state index in [0.717, 1.165) is 22.3 Å². The van der Waals surface area contributed by atoms with Crippen LogP contribution in [0.1, 0.15) is 22.3 Å². The van der Waals surface area contributed by atoms with Crippen molar-refractivity contribution in [2.45, 2.75) is 5.41 Å². The van der Waals surface area contributed by atoms with Crippen LogP contribution in [-0.4, -0.2) is 25.2 Å². The number of carbonyl (C=O) groups excluding carboxylic acids is 2. The minimum Gasteiger partial charge on any atom is -0.461 e. The number of hydrogen-bond donors (Lipinski definition) is 2. The van der Waals surface area contributed by atoms with E-state index in [-0.39, 0.29) is 13.2 Å². The highest BCUT2D eigenvalue weighted by Crippen LogP contribution is 2.35. The molecule has 0 aromatic heterocycles. The lowest BCUT2D eigenvalue weighted by Crippen LogP contribution is -2.39. The van der Waals surface area contributed by atoms with E-state index in [1.807, 2.05) is 84.9 Å². The van der Waals surface area contributed by atoms with Crippen molar-refractivity contribution in [2.24, 2.45) is 0 Å². The van der Waals surface area contributed by atoms with Gasteiger partial charge in [-0.1, -0.05) is 84.9 Å². The quantitative estimate of drug-likeness (QED) is 0.160. The summed E-state index contributed by atoms with van der Waals surface area (Å²) in [5, 5.41) is 0. The Morgan fingerprint density at radius 2 is 0.923 bits per heavy atom. The third kappa shape index (κ3) is 7.46. The fourth-order valence-electron chi connectivity index (χ4n) is 4.09. The van der Waals surface area contributed by atoms with Gasteiger partial charge in [-0.25, -0.2) is 9.59 Å². The molecule has 0 saturated heterocycles. The molecule has 4 aromatic rings. The predicted octanol–water partition coefficient (Wildman–Crippen LogP) is 5.65. The van der Waals surface area contributed by atoms with Crippen LogP contribution in [0.25, 0.3) is 12.2 Å². The second-order valence-electron chi connectivity index (χ2n) is 9.03. The largest absolute Gasteiger partial charge is 0.461 e. The molecule has 0 aliphatic carbocycles. The molecule has 0 bridgehead atoms. The highest BCUT2D eigenvalue weighted by atomic mass is 16.5. The number of ether oxygens (including phenoxy) is 2. The van der Waals surface area contributed by atoms with Gasteiger partial charge in [0.25, 0.3) is 0 Å². The molecule has 0 fully saturated rings. The van der Waals surface area contributed by atoms with Gasteiger partial charge in [-0.05, 0) is 58.7 Å². The van der Waals surface area contributed by atoms with E-state index in [0.29, 0.717) is 11.4 Å². The summed E-state index contributed by atoms with van der Waals surface area (Å²) < 4.78 is 11.5. The minimum atomic E-state index is -1.02. The second kappa shape index (κ2) is 12.9. The number of hydrogen-bond acceptors (Lipinski definition) is 6. The van der Waals surface area contributed by atoms with Gasteiger partial charge >= 0.3 is 11.9 Å². The lowest BCUT2D eigenvalue weighted by atomic mass is 9.75. The van der Waals surface area contributed by atoms with E-state index in [9.17, 15) is 9.59 Å². The molecule has 39 heavy (non-hydrogen) atoms. The zero-order valence-electron chi connectivity index (χ0n) is 21.4. The number of esters is 2. The van der Waals surface area contributed by atoms with E-state index in [1.54, 1.807) is 36.4 Å². The Labute approximate surface area is 228 Å². The number of benzene rings is 4. The van der Waals surface area contributed by atoms with Gasteiger partial charge in [-0.2, -0.15) is 0 Å². The zero-order chi connectivity index (χ0) is 27.5. The van der Waals surface area contributed by atoms with E-state index in [4.69, 9.17) is 20.9 Å². The molecule has 0 unspecified atom stereocenters. The number of nitrogens with two attached hydrogens (primary N) is 2. The maximum atomic E-state index is 12.8. The number of anilines is 2. The van der Waals surface area contributed by atoms with Crippen LogP contribution in [-0.2, 0) is 24.5 Å². The highest BCUT2D eigenvalue weighted by Gasteiger charge is 2.38. The summed E-state index contributed by atoms with van der Waals surface area (Å²) in [6, 6.07) is 33.3. The monoisotopic (exact) mass is 518 g/mol. The van der Waals surface area contributed by atoms with Gasteiger partial charge in [0.1, 0.15) is 13.2 Å². The summed E-state index contributed by atoms with van der Waals surface area (Å²) in [6.45, 7) is -0.178. The highest BCUT2D eigenvalue weighted by molar-refractivity contribution is 5.88. The second-order valence-corrected chi connectivity index (χ2v) is 9.03. The Morgan fingerprint density at radius 1 is 0.564 bits per heavy atom. The van der Waals surface area contributed by atoms with Crippen LogP contribution < -0.4 is 11.5 Å². The molecule has 6 heteroatoms. The number of carbonyl (C=O) groups is 2. The van der Waals surface area contributed by atoms with Gasteiger partial charge in [-0.15, -0.1) is 0 Å². The third-order valence-electron chi connectivity index (χ3n) is 6.27. The minimum absolute atomic E-state index is 0.0888. The van der Waals surface area contributed by atoms with E-state index in [2.05, 4.69) is 0 Å². The first kappa shape index (κ1) is 26.9. The standard InChI is InChI=1S/C33H30N2O4/c34-29-17-13-27(14-18-29)33(28-15-19-30(35)20-16-28,23-38-31(36)21-11-25-7-3-1-4-8-25)24-39-32(37)22-12-26-9-5-2-6-10-26/h1-22H,23-24,34-35H2/b21-11+,22-12+. The van der Waals surface area contributed by atoms with Crippen molar-refractivity contribution < 1.29 is 19.1 Å². The van der Waals surface area contributed by atoms with Gasteiger partial charge < -0.3 is 20.9 Å². The van der Waals surface area contributed by atoms with Crippen LogP contribution in [0.3, 0.4) is 0 Å². The molecule has 4 N–H and O–H groups in total. The Morgan fingerprint density at radius 3 is 1.28 bits per heavy atom. The van der Waals surface area contributed by atoms with Crippen molar-refractivity contribution in [3.05, 3.63) is 144 Å². The first-order chi connectivity index (χ1) is 18.9. The predicted molar refractivity (Wildman–Crippen MR) is 155 cm³/mol. The topological polar surface area (TPSA) is 105 Å². The van der Waals surface area contributed by atoms with Crippen molar-refractivity contribution >= 4 is 35.5 Å². The molecule has 6 nitrogen and oxygen atoms in total. The lowest BCUT2D eigenvalue weighted by Gasteiger charge is -2.34. The lowest BCUT2D eigenvalue weighted by molar-refractivity contribution is -0.143. The Balaban J connectivity index is 1.63. The summed E-state index contributed by atoms with van der Waals surface area (Å²) in [5.74, 6) is -1.05. The summed E-state index contributed by atoms with van der Waals surface area (Å²) in [6.07, 6.45) is 6.12. The van der Waals surface area contributed by atoms with E-state index >= 15 is 0 Å². The molecule has 0 heterocycles. The molecule has 196 valence electrons. The Kier molecular flexibility index (Phi) is 8.93. The molecule has 0 aliphatic rings. The molecular weight excluding hydrogens is 488 g/mol. The average Bonchev–Trinajstić information content (AvgIpc) is 2.97. The van der Waals surface area contributed by atoms with Crippen LogP contribution >= 0.6 is 0 Å². The van der Waals surface area contributed by atoms with Crippen LogP contribution in [0.2, 0.25) is 0 Å².